The molecule has 0 amide bonds. The fraction of sp³-hybridized carbons (Fsp3) is 0.684. The molecule has 2 rings (SSSR count). The lowest BCUT2D eigenvalue weighted by molar-refractivity contribution is 0.304. The molecule has 0 aliphatic carbocycles. The van der Waals surface area contributed by atoms with Gasteiger partial charge in [0.05, 0.1) is 12.3 Å². The van der Waals surface area contributed by atoms with E-state index in [2.05, 4.69) is 11.6 Å². The maximum Gasteiger partial charge on any atom is 0.301 e. The van der Waals surface area contributed by atoms with Crippen LogP contribution in [0, 0.1) is 0 Å². The Balaban J connectivity index is 1.72. The van der Waals surface area contributed by atoms with E-state index in [0.29, 0.717) is 25.4 Å². The summed E-state index contributed by atoms with van der Waals surface area (Å²) < 4.78 is 34.6. The Labute approximate surface area is 152 Å². The fourth-order valence-corrected chi connectivity index (χ4v) is 4.31. The number of rotatable bonds is 11. The second-order valence-electron chi connectivity index (χ2n) is 6.71. The van der Waals surface area contributed by atoms with Gasteiger partial charge >= 0.3 is 10.2 Å². The monoisotopic (exact) mass is 368 g/mol. The third-order valence-corrected chi connectivity index (χ3v) is 6.06. The Kier molecular flexibility index (Phi) is 8.55. The molecular weight excluding hydrogens is 336 g/mol. The number of ether oxygens (including phenoxy) is 1. The van der Waals surface area contributed by atoms with Crippen LogP contribution < -0.4 is 9.46 Å². The predicted octanol–water partition coefficient (Wildman–Crippen LogP) is 4.57. The minimum absolute atomic E-state index is 0.581. The molecule has 0 radical (unpaired) electrons. The number of nitrogens with one attached hydrogen (secondary N) is 1. The zero-order valence-corrected chi connectivity index (χ0v) is 16.2. The van der Waals surface area contributed by atoms with Crippen LogP contribution >= 0.6 is 0 Å². The SMILES string of the molecule is CCCCCCCCOc1ccc(NS(=O)(=O)N2CCCCC2)cc1. The lowest BCUT2D eigenvalue weighted by Crippen LogP contribution is -2.39. The number of anilines is 1. The van der Waals surface area contributed by atoms with Crippen molar-refractivity contribution < 1.29 is 13.2 Å². The summed E-state index contributed by atoms with van der Waals surface area (Å²) in [5, 5.41) is 0. The Morgan fingerprint density at radius 1 is 0.960 bits per heavy atom. The third kappa shape index (κ3) is 7.24. The lowest BCUT2D eigenvalue weighted by Gasteiger charge is -2.26. The van der Waals surface area contributed by atoms with Gasteiger partial charge in [-0.2, -0.15) is 12.7 Å². The summed E-state index contributed by atoms with van der Waals surface area (Å²) in [5.41, 5.74) is 0.581. The normalized spacial score (nSPS) is 15.9. The number of unbranched alkanes of at least 4 members (excludes halogenated alkanes) is 5. The molecule has 6 heteroatoms. The highest BCUT2D eigenvalue weighted by Crippen LogP contribution is 2.20. The van der Waals surface area contributed by atoms with Crippen molar-refractivity contribution >= 4 is 15.9 Å². The van der Waals surface area contributed by atoms with Gasteiger partial charge in [0.2, 0.25) is 0 Å². The molecule has 25 heavy (non-hydrogen) atoms. The number of hydrogen-bond acceptors (Lipinski definition) is 3. The average Bonchev–Trinajstić information content (AvgIpc) is 2.63. The molecule has 0 saturated carbocycles. The Morgan fingerprint density at radius 2 is 1.60 bits per heavy atom. The first kappa shape index (κ1) is 20.0. The van der Waals surface area contributed by atoms with Crippen molar-refractivity contribution in [1.82, 2.24) is 4.31 Å². The van der Waals surface area contributed by atoms with E-state index in [1.807, 2.05) is 12.1 Å². The molecule has 1 aromatic rings. The van der Waals surface area contributed by atoms with Gasteiger partial charge in [-0.25, -0.2) is 0 Å². The topological polar surface area (TPSA) is 58.6 Å². The van der Waals surface area contributed by atoms with Gasteiger partial charge in [-0.1, -0.05) is 45.4 Å². The van der Waals surface area contributed by atoms with Crippen molar-refractivity contribution in [3.63, 3.8) is 0 Å². The molecule has 0 spiro atoms. The van der Waals surface area contributed by atoms with E-state index in [1.165, 1.54) is 36.4 Å². The number of benzene rings is 1. The van der Waals surface area contributed by atoms with E-state index in [0.717, 1.165) is 31.4 Å². The van der Waals surface area contributed by atoms with Crippen LogP contribution in [0.4, 0.5) is 5.69 Å². The number of piperidine rings is 1. The van der Waals surface area contributed by atoms with E-state index in [4.69, 9.17) is 4.74 Å². The fourth-order valence-electron chi connectivity index (χ4n) is 3.01. The van der Waals surface area contributed by atoms with Gasteiger partial charge < -0.3 is 4.74 Å². The van der Waals surface area contributed by atoms with Gasteiger partial charge in [0.1, 0.15) is 5.75 Å². The van der Waals surface area contributed by atoms with E-state index in [9.17, 15) is 8.42 Å². The summed E-state index contributed by atoms with van der Waals surface area (Å²) in [6.45, 7) is 4.15. The molecule has 142 valence electrons. The molecule has 0 aromatic heterocycles. The van der Waals surface area contributed by atoms with Crippen molar-refractivity contribution in [2.75, 3.05) is 24.4 Å². The van der Waals surface area contributed by atoms with Crippen LogP contribution in [0.2, 0.25) is 0 Å². The lowest BCUT2D eigenvalue weighted by atomic mass is 10.1. The minimum Gasteiger partial charge on any atom is -0.494 e. The molecule has 0 atom stereocenters. The van der Waals surface area contributed by atoms with E-state index in [-0.39, 0.29) is 0 Å². The molecule has 0 unspecified atom stereocenters. The first-order valence-corrected chi connectivity index (χ1v) is 11.1. The maximum atomic E-state index is 12.3. The largest absolute Gasteiger partial charge is 0.494 e. The van der Waals surface area contributed by atoms with Crippen LogP contribution in [0.3, 0.4) is 0 Å². The van der Waals surface area contributed by atoms with E-state index < -0.39 is 10.2 Å². The summed E-state index contributed by atoms with van der Waals surface area (Å²) >= 11 is 0. The van der Waals surface area contributed by atoms with Gasteiger partial charge in [-0.3, -0.25) is 4.72 Å². The minimum atomic E-state index is -3.44. The predicted molar refractivity (Wildman–Crippen MR) is 103 cm³/mol. The second-order valence-corrected chi connectivity index (χ2v) is 8.38. The Morgan fingerprint density at radius 3 is 2.28 bits per heavy atom. The highest BCUT2D eigenvalue weighted by Gasteiger charge is 2.23. The summed E-state index contributed by atoms with van der Waals surface area (Å²) in [7, 11) is -3.44. The van der Waals surface area contributed by atoms with Gasteiger partial charge in [-0.05, 0) is 43.5 Å². The first-order valence-electron chi connectivity index (χ1n) is 9.62. The van der Waals surface area contributed by atoms with Crippen molar-refractivity contribution in [2.24, 2.45) is 0 Å². The molecular formula is C19H32N2O3S. The first-order chi connectivity index (χ1) is 12.1. The van der Waals surface area contributed by atoms with Crippen LogP contribution in [0.25, 0.3) is 0 Å². The van der Waals surface area contributed by atoms with Crippen LogP contribution in [0.15, 0.2) is 24.3 Å². The summed E-state index contributed by atoms with van der Waals surface area (Å²) in [5.74, 6) is 0.787. The Bertz CT molecular complexity index is 581. The van der Waals surface area contributed by atoms with Crippen LogP contribution in [0.5, 0.6) is 5.75 Å². The van der Waals surface area contributed by atoms with Crippen LogP contribution in [0.1, 0.15) is 64.7 Å². The zero-order chi connectivity index (χ0) is 18.0. The van der Waals surface area contributed by atoms with Gasteiger partial charge in [0, 0.05) is 13.1 Å². The number of hydrogen-bond donors (Lipinski definition) is 1. The molecule has 1 aromatic carbocycles. The van der Waals surface area contributed by atoms with E-state index in [1.54, 1.807) is 12.1 Å². The molecule has 1 saturated heterocycles. The van der Waals surface area contributed by atoms with Crippen molar-refractivity contribution in [2.45, 2.75) is 64.7 Å². The smallest absolute Gasteiger partial charge is 0.301 e. The van der Waals surface area contributed by atoms with Gasteiger partial charge in [0.15, 0.2) is 0 Å². The average molecular weight is 369 g/mol. The number of nitrogens with zero attached hydrogens (tertiary/aromatic N) is 1. The molecule has 1 N–H and O–H groups in total. The molecule has 5 nitrogen and oxygen atoms in total. The molecule has 1 aliphatic heterocycles. The molecule has 1 heterocycles. The Hall–Kier alpha value is -1.27. The van der Waals surface area contributed by atoms with Crippen molar-refractivity contribution in [3.05, 3.63) is 24.3 Å². The summed E-state index contributed by atoms with van der Waals surface area (Å²) in [6.07, 6.45) is 10.4. The molecule has 0 bridgehead atoms. The van der Waals surface area contributed by atoms with Gasteiger partial charge in [0.25, 0.3) is 0 Å². The maximum absolute atomic E-state index is 12.3. The third-order valence-electron chi connectivity index (χ3n) is 4.52. The van der Waals surface area contributed by atoms with Crippen LogP contribution in [-0.2, 0) is 10.2 Å². The highest BCUT2D eigenvalue weighted by atomic mass is 32.2. The summed E-state index contributed by atoms with van der Waals surface area (Å²) in [4.78, 5) is 0. The van der Waals surface area contributed by atoms with Crippen molar-refractivity contribution in [3.8, 4) is 5.75 Å². The standard InChI is InChI=1S/C19H32N2O3S/c1-2-3-4-5-6-10-17-24-19-13-11-18(12-14-19)20-25(22,23)21-15-8-7-9-16-21/h11-14,20H,2-10,15-17H2,1H3. The quantitative estimate of drug-likeness (QED) is 0.582. The highest BCUT2D eigenvalue weighted by molar-refractivity contribution is 7.90. The second kappa shape index (κ2) is 10.7. The van der Waals surface area contributed by atoms with E-state index >= 15 is 0 Å². The zero-order valence-electron chi connectivity index (χ0n) is 15.4. The molecule has 1 aliphatic rings. The summed E-state index contributed by atoms with van der Waals surface area (Å²) in [6, 6.07) is 7.17. The van der Waals surface area contributed by atoms with Crippen LogP contribution in [-0.4, -0.2) is 32.4 Å². The van der Waals surface area contributed by atoms with Crippen molar-refractivity contribution in [1.29, 1.82) is 0 Å². The van der Waals surface area contributed by atoms with Gasteiger partial charge in [-0.15, -0.1) is 0 Å². The molecule has 1 fully saturated rings.